The fourth-order valence-corrected chi connectivity index (χ4v) is 2.90. The summed E-state index contributed by atoms with van der Waals surface area (Å²) in [5.74, 6) is 0.471. The Hall–Kier alpha value is -1.85. The molecular formula is C17H23ClN4O. The van der Waals surface area contributed by atoms with Crippen molar-refractivity contribution >= 4 is 18.3 Å². The Morgan fingerprint density at radius 1 is 1.35 bits per heavy atom. The van der Waals surface area contributed by atoms with E-state index in [0.29, 0.717) is 18.0 Å². The molecule has 124 valence electrons. The molecule has 1 aliphatic rings. The SMILES string of the molecule is Cc1nn(-c2ccccc2)c(C)c1C(=O)NC(CN)C1CC1.Cl. The minimum Gasteiger partial charge on any atom is -0.348 e. The van der Waals surface area contributed by atoms with E-state index in [1.165, 1.54) is 0 Å². The zero-order valence-electron chi connectivity index (χ0n) is 13.5. The van der Waals surface area contributed by atoms with E-state index in [4.69, 9.17) is 5.73 Å². The van der Waals surface area contributed by atoms with Gasteiger partial charge in [-0.3, -0.25) is 4.79 Å². The van der Waals surface area contributed by atoms with Gasteiger partial charge < -0.3 is 11.1 Å². The smallest absolute Gasteiger partial charge is 0.255 e. The molecule has 1 heterocycles. The van der Waals surface area contributed by atoms with Crippen LogP contribution in [0, 0.1) is 19.8 Å². The molecule has 3 N–H and O–H groups in total. The van der Waals surface area contributed by atoms with Crippen molar-refractivity contribution in [3.8, 4) is 5.69 Å². The third-order valence-electron chi connectivity index (χ3n) is 4.28. The number of para-hydroxylation sites is 1. The summed E-state index contributed by atoms with van der Waals surface area (Å²) in [4.78, 5) is 12.6. The van der Waals surface area contributed by atoms with E-state index < -0.39 is 0 Å². The van der Waals surface area contributed by atoms with Gasteiger partial charge in [0.2, 0.25) is 0 Å². The molecule has 3 rings (SSSR count). The molecular weight excluding hydrogens is 312 g/mol. The summed E-state index contributed by atoms with van der Waals surface area (Å²) in [5, 5.41) is 7.59. The number of benzene rings is 1. The Kier molecular flexibility index (Phi) is 5.44. The van der Waals surface area contributed by atoms with Crippen molar-refractivity contribution in [2.75, 3.05) is 6.54 Å². The van der Waals surface area contributed by atoms with Gasteiger partial charge in [-0.1, -0.05) is 18.2 Å². The second-order valence-electron chi connectivity index (χ2n) is 5.95. The highest BCUT2D eigenvalue weighted by Gasteiger charge is 2.32. The van der Waals surface area contributed by atoms with E-state index in [-0.39, 0.29) is 24.4 Å². The van der Waals surface area contributed by atoms with Gasteiger partial charge >= 0.3 is 0 Å². The maximum absolute atomic E-state index is 12.6. The topological polar surface area (TPSA) is 72.9 Å². The maximum Gasteiger partial charge on any atom is 0.255 e. The molecule has 1 atom stereocenters. The van der Waals surface area contributed by atoms with Crippen LogP contribution in [-0.4, -0.2) is 28.3 Å². The van der Waals surface area contributed by atoms with E-state index in [2.05, 4.69) is 10.4 Å². The number of nitrogens with two attached hydrogens (primary N) is 1. The van der Waals surface area contributed by atoms with Gasteiger partial charge in [0.1, 0.15) is 0 Å². The average molecular weight is 335 g/mol. The molecule has 1 amide bonds. The molecule has 1 saturated carbocycles. The number of halogens is 1. The molecule has 1 fully saturated rings. The molecule has 0 aliphatic heterocycles. The van der Waals surface area contributed by atoms with Gasteiger partial charge in [-0.2, -0.15) is 5.10 Å². The predicted octanol–water partition coefficient (Wildman–Crippen LogP) is 2.38. The van der Waals surface area contributed by atoms with Crippen molar-refractivity contribution in [3.05, 3.63) is 47.3 Å². The Morgan fingerprint density at radius 3 is 2.57 bits per heavy atom. The molecule has 1 aliphatic carbocycles. The number of rotatable bonds is 5. The van der Waals surface area contributed by atoms with E-state index in [1.807, 2.05) is 48.9 Å². The van der Waals surface area contributed by atoms with Gasteiger partial charge in [-0.25, -0.2) is 4.68 Å². The summed E-state index contributed by atoms with van der Waals surface area (Å²) < 4.78 is 1.82. The molecule has 6 heteroatoms. The number of aromatic nitrogens is 2. The first-order valence-corrected chi connectivity index (χ1v) is 7.74. The number of hydrogen-bond acceptors (Lipinski definition) is 3. The van der Waals surface area contributed by atoms with Crippen LogP contribution in [0.5, 0.6) is 0 Å². The number of aryl methyl sites for hydroxylation is 1. The molecule has 1 aromatic carbocycles. The summed E-state index contributed by atoms with van der Waals surface area (Å²) in [7, 11) is 0. The van der Waals surface area contributed by atoms with Crippen molar-refractivity contribution in [1.29, 1.82) is 0 Å². The Balaban J connectivity index is 0.00000192. The van der Waals surface area contributed by atoms with Gasteiger partial charge in [0.15, 0.2) is 0 Å². The molecule has 0 bridgehead atoms. The number of amides is 1. The molecule has 0 spiro atoms. The van der Waals surface area contributed by atoms with Crippen LogP contribution in [0.15, 0.2) is 30.3 Å². The van der Waals surface area contributed by atoms with Crippen LogP contribution < -0.4 is 11.1 Å². The van der Waals surface area contributed by atoms with E-state index >= 15 is 0 Å². The lowest BCUT2D eigenvalue weighted by Gasteiger charge is -2.16. The first kappa shape index (κ1) is 17.5. The van der Waals surface area contributed by atoms with E-state index in [0.717, 1.165) is 29.9 Å². The fraction of sp³-hybridized carbons (Fsp3) is 0.412. The van der Waals surface area contributed by atoms with E-state index in [1.54, 1.807) is 0 Å². The minimum atomic E-state index is -0.0699. The van der Waals surface area contributed by atoms with Crippen molar-refractivity contribution in [3.63, 3.8) is 0 Å². The number of hydrogen-bond donors (Lipinski definition) is 2. The van der Waals surface area contributed by atoms with Gasteiger partial charge in [0.05, 0.1) is 22.6 Å². The number of carbonyl (C=O) groups is 1. The largest absolute Gasteiger partial charge is 0.348 e. The van der Waals surface area contributed by atoms with Crippen molar-refractivity contribution in [2.45, 2.75) is 32.7 Å². The van der Waals surface area contributed by atoms with Crippen LogP contribution in [0.3, 0.4) is 0 Å². The minimum absolute atomic E-state index is 0. The van der Waals surface area contributed by atoms with Crippen LogP contribution >= 0.6 is 12.4 Å². The van der Waals surface area contributed by atoms with Gasteiger partial charge in [-0.15, -0.1) is 12.4 Å². The predicted molar refractivity (Wildman–Crippen MR) is 93.3 cm³/mol. The summed E-state index contributed by atoms with van der Waals surface area (Å²) in [5.41, 5.74) is 8.99. The Labute approximate surface area is 142 Å². The summed E-state index contributed by atoms with van der Waals surface area (Å²) in [6.45, 7) is 4.29. The average Bonchev–Trinajstić information content (AvgIpc) is 3.31. The van der Waals surface area contributed by atoms with Crippen LogP contribution in [0.4, 0.5) is 0 Å². The first-order valence-electron chi connectivity index (χ1n) is 7.74. The van der Waals surface area contributed by atoms with Crippen LogP contribution in [0.2, 0.25) is 0 Å². The summed E-state index contributed by atoms with van der Waals surface area (Å²) >= 11 is 0. The Morgan fingerprint density at radius 2 is 2.00 bits per heavy atom. The zero-order chi connectivity index (χ0) is 15.7. The standard InChI is InChI=1S/C17H22N4O.ClH/c1-11-16(17(22)19-15(10-18)13-8-9-13)12(2)21(20-11)14-6-4-3-5-7-14;/h3-7,13,15H,8-10,18H2,1-2H3,(H,19,22);1H. The second-order valence-corrected chi connectivity index (χ2v) is 5.95. The number of nitrogens with one attached hydrogen (secondary N) is 1. The zero-order valence-corrected chi connectivity index (χ0v) is 14.3. The highest BCUT2D eigenvalue weighted by Crippen LogP contribution is 2.32. The monoisotopic (exact) mass is 334 g/mol. The second kappa shape index (κ2) is 7.15. The first-order chi connectivity index (χ1) is 10.6. The quantitative estimate of drug-likeness (QED) is 0.881. The molecule has 2 aromatic rings. The fourth-order valence-electron chi connectivity index (χ4n) is 2.90. The Bertz CT molecular complexity index is 679. The molecule has 23 heavy (non-hydrogen) atoms. The molecule has 5 nitrogen and oxygen atoms in total. The molecule has 0 saturated heterocycles. The van der Waals surface area contributed by atoms with Gasteiger partial charge in [0, 0.05) is 12.6 Å². The van der Waals surface area contributed by atoms with Crippen LogP contribution in [-0.2, 0) is 0 Å². The highest BCUT2D eigenvalue weighted by atomic mass is 35.5. The van der Waals surface area contributed by atoms with Gasteiger partial charge in [0.25, 0.3) is 5.91 Å². The lowest BCUT2D eigenvalue weighted by Crippen LogP contribution is -2.42. The summed E-state index contributed by atoms with van der Waals surface area (Å²) in [6, 6.07) is 9.92. The maximum atomic E-state index is 12.6. The van der Waals surface area contributed by atoms with Crippen LogP contribution in [0.25, 0.3) is 5.69 Å². The lowest BCUT2D eigenvalue weighted by molar-refractivity contribution is 0.0932. The highest BCUT2D eigenvalue weighted by molar-refractivity contribution is 5.96. The lowest BCUT2D eigenvalue weighted by atomic mass is 10.1. The van der Waals surface area contributed by atoms with Crippen LogP contribution in [0.1, 0.15) is 34.6 Å². The number of carbonyl (C=O) groups excluding carboxylic acids is 1. The number of nitrogens with zero attached hydrogens (tertiary/aromatic N) is 2. The normalized spacial score (nSPS) is 14.9. The van der Waals surface area contributed by atoms with E-state index in [9.17, 15) is 4.79 Å². The van der Waals surface area contributed by atoms with Gasteiger partial charge in [-0.05, 0) is 44.7 Å². The van der Waals surface area contributed by atoms with Crippen molar-refractivity contribution < 1.29 is 4.79 Å². The third kappa shape index (κ3) is 3.57. The van der Waals surface area contributed by atoms with Crippen molar-refractivity contribution in [1.82, 2.24) is 15.1 Å². The van der Waals surface area contributed by atoms with Crippen molar-refractivity contribution in [2.24, 2.45) is 11.7 Å². The molecule has 1 aromatic heterocycles. The molecule has 1 unspecified atom stereocenters. The summed E-state index contributed by atoms with van der Waals surface area (Å²) in [6.07, 6.45) is 2.31. The third-order valence-corrected chi connectivity index (χ3v) is 4.28. The molecule has 0 radical (unpaired) electrons.